The maximum Gasteiger partial charge on any atom is 0.416 e. The van der Waals surface area contributed by atoms with E-state index >= 15 is 0 Å². The van der Waals surface area contributed by atoms with Crippen LogP contribution in [0.25, 0.3) is 0 Å². The normalized spacial score (nSPS) is 12.8. The SMILES string of the molecule is O=C(CNc1ccc2c(c1)OCO2)Nc1cccc(C(F)(F)F)c1. The molecule has 1 aliphatic rings. The number of amides is 1. The van der Waals surface area contributed by atoms with Gasteiger partial charge in [-0.05, 0) is 30.3 Å². The van der Waals surface area contributed by atoms with Gasteiger partial charge in [-0.2, -0.15) is 13.2 Å². The lowest BCUT2D eigenvalue weighted by Gasteiger charge is -2.11. The number of hydrogen-bond acceptors (Lipinski definition) is 4. The van der Waals surface area contributed by atoms with Gasteiger partial charge in [0, 0.05) is 17.4 Å². The third kappa shape index (κ3) is 3.70. The van der Waals surface area contributed by atoms with Crippen LogP contribution in [0.5, 0.6) is 11.5 Å². The number of anilines is 2. The molecule has 1 aliphatic heterocycles. The Labute approximate surface area is 135 Å². The molecule has 2 aromatic carbocycles. The third-order valence-electron chi connectivity index (χ3n) is 3.30. The van der Waals surface area contributed by atoms with E-state index in [9.17, 15) is 18.0 Å². The highest BCUT2D eigenvalue weighted by atomic mass is 19.4. The Bertz CT molecular complexity index is 762. The Hall–Kier alpha value is -2.90. The molecule has 0 spiro atoms. The van der Waals surface area contributed by atoms with Gasteiger partial charge < -0.3 is 20.1 Å². The van der Waals surface area contributed by atoms with Crippen LogP contribution in [0.4, 0.5) is 24.5 Å². The zero-order chi connectivity index (χ0) is 17.2. The summed E-state index contributed by atoms with van der Waals surface area (Å²) in [4.78, 5) is 11.9. The molecule has 0 aliphatic carbocycles. The van der Waals surface area contributed by atoms with E-state index in [1.54, 1.807) is 18.2 Å². The number of ether oxygens (including phenoxy) is 2. The number of hydrogen-bond donors (Lipinski definition) is 2. The molecule has 126 valence electrons. The molecular formula is C16H13F3N2O3. The van der Waals surface area contributed by atoms with Crippen LogP contribution < -0.4 is 20.1 Å². The number of benzene rings is 2. The van der Waals surface area contributed by atoms with E-state index in [2.05, 4.69) is 10.6 Å². The fourth-order valence-corrected chi connectivity index (χ4v) is 2.17. The Balaban J connectivity index is 1.58. The summed E-state index contributed by atoms with van der Waals surface area (Å²) in [5.41, 5.74) is -0.0928. The predicted octanol–water partition coefficient (Wildman–Crippen LogP) is 3.48. The van der Waals surface area contributed by atoms with Gasteiger partial charge in [-0.25, -0.2) is 0 Å². The van der Waals surface area contributed by atoms with Gasteiger partial charge in [-0.1, -0.05) is 6.07 Å². The van der Waals surface area contributed by atoms with Gasteiger partial charge in [0.15, 0.2) is 11.5 Å². The lowest BCUT2D eigenvalue weighted by Crippen LogP contribution is -2.22. The topological polar surface area (TPSA) is 59.6 Å². The molecule has 0 radical (unpaired) electrons. The molecule has 2 N–H and O–H groups in total. The van der Waals surface area contributed by atoms with E-state index < -0.39 is 17.6 Å². The van der Waals surface area contributed by atoms with E-state index in [1.807, 2.05) is 0 Å². The van der Waals surface area contributed by atoms with Crippen LogP contribution in [0.3, 0.4) is 0 Å². The van der Waals surface area contributed by atoms with Crippen LogP contribution >= 0.6 is 0 Å². The van der Waals surface area contributed by atoms with E-state index in [-0.39, 0.29) is 19.0 Å². The average molecular weight is 338 g/mol. The first-order valence-electron chi connectivity index (χ1n) is 7.02. The maximum atomic E-state index is 12.6. The smallest absolute Gasteiger partial charge is 0.416 e. The summed E-state index contributed by atoms with van der Waals surface area (Å²) >= 11 is 0. The van der Waals surface area contributed by atoms with Crippen molar-refractivity contribution >= 4 is 17.3 Å². The van der Waals surface area contributed by atoms with Crippen molar-refractivity contribution < 1.29 is 27.4 Å². The molecule has 0 fully saturated rings. The van der Waals surface area contributed by atoms with Crippen molar-refractivity contribution in [3.05, 3.63) is 48.0 Å². The Kier molecular flexibility index (Phi) is 4.20. The first-order valence-corrected chi connectivity index (χ1v) is 7.02. The maximum absolute atomic E-state index is 12.6. The van der Waals surface area contributed by atoms with Gasteiger partial charge in [-0.3, -0.25) is 4.79 Å². The molecule has 2 aromatic rings. The number of carbonyl (C=O) groups excluding carboxylic acids is 1. The first kappa shape index (κ1) is 16.0. The highest BCUT2D eigenvalue weighted by Gasteiger charge is 2.30. The molecule has 3 rings (SSSR count). The van der Waals surface area contributed by atoms with Gasteiger partial charge in [-0.15, -0.1) is 0 Å². The van der Waals surface area contributed by atoms with Gasteiger partial charge in [0.25, 0.3) is 0 Å². The summed E-state index contributed by atoms with van der Waals surface area (Å²) < 4.78 is 48.3. The van der Waals surface area contributed by atoms with Crippen LogP contribution in [0.2, 0.25) is 0 Å². The fourth-order valence-electron chi connectivity index (χ4n) is 2.17. The number of rotatable bonds is 4. The lowest BCUT2D eigenvalue weighted by molar-refractivity contribution is -0.137. The fraction of sp³-hybridized carbons (Fsp3) is 0.188. The molecule has 24 heavy (non-hydrogen) atoms. The monoisotopic (exact) mass is 338 g/mol. The largest absolute Gasteiger partial charge is 0.454 e. The number of nitrogens with one attached hydrogen (secondary N) is 2. The first-order chi connectivity index (χ1) is 11.4. The summed E-state index contributed by atoms with van der Waals surface area (Å²) in [6.45, 7) is 0.0463. The molecule has 0 unspecified atom stereocenters. The van der Waals surface area contributed by atoms with E-state index in [1.165, 1.54) is 12.1 Å². The molecule has 0 saturated carbocycles. The molecule has 0 bridgehead atoms. The predicted molar refractivity (Wildman–Crippen MR) is 81.1 cm³/mol. The molecule has 5 nitrogen and oxygen atoms in total. The molecule has 0 saturated heterocycles. The summed E-state index contributed by atoms with van der Waals surface area (Å²) in [5, 5.41) is 5.29. The van der Waals surface area contributed by atoms with Crippen molar-refractivity contribution in [1.29, 1.82) is 0 Å². The Morgan fingerprint density at radius 3 is 2.62 bits per heavy atom. The van der Waals surface area contributed by atoms with Gasteiger partial charge in [0.05, 0.1) is 12.1 Å². The van der Waals surface area contributed by atoms with Gasteiger partial charge in [0.2, 0.25) is 12.7 Å². The van der Waals surface area contributed by atoms with Crippen LogP contribution in [-0.2, 0) is 11.0 Å². The summed E-state index contributed by atoms with van der Waals surface area (Å²) in [6.07, 6.45) is -4.45. The number of alkyl halides is 3. The second kappa shape index (κ2) is 6.31. The minimum atomic E-state index is -4.45. The second-order valence-corrected chi connectivity index (χ2v) is 5.05. The second-order valence-electron chi connectivity index (χ2n) is 5.05. The molecule has 8 heteroatoms. The molecular weight excluding hydrogens is 325 g/mol. The minimum absolute atomic E-state index is 0.0855. The van der Waals surface area contributed by atoms with Gasteiger partial charge >= 0.3 is 6.18 Å². The lowest BCUT2D eigenvalue weighted by atomic mass is 10.2. The Morgan fingerprint density at radius 1 is 1.04 bits per heavy atom. The van der Waals surface area contributed by atoms with E-state index in [4.69, 9.17) is 9.47 Å². The van der Waals surface area contributed by atoms with Crippen LogP contribution in [0, 0.1) is 0 Å². The van der Waals surface area contributed by atoms with Crippen LogP contribution in [0.15, 0.2) is 42.5 Å². The number of carbonyl (C=O) groups is 1. The molecule has 1 amide bonds. The summed E-state index contributed by atoms with van der Waals surface area (Å²) in [6, 6.07) is 9.57. The standard InChI is InChI=1S/C16H13F3N2O3/c17-16(18,19)10-2-1-3-12(6-10)21-15(22)8-20-11-4-5-13-14(7-11)24-9-23-13/h1-7,20H,8-9H2,(H,21,22). The van der Waals surface area contributed by atoms with Crippen LogP contribution in [0.1, 0.15) is 5.56 Å². The number of fused-ring (bicyclic) bond motifs is 1. The molecule has 0 aromatic heterocycles. The summed E-state index contributed by atoms with van der Waals surface area (Å²) in [5.74, 6) is 0.722. The van der Waals surface area contributed by atoms with Crippen molar-refractivity contribution in [1.82, 2.24) is 0 Å². The highest BCUT2D eigenvalue weighted by Crippen LogP contribution is 2.34. The van der Waals surface area contributed by atoms with E-state index in [0.29, 0.717) is 17.2 Å². The highest BCUT2D eigenvalue weighted by molar-refractivity contribution is 5.93. The average Bonchev–Trinajstić information content (AvgIpc) is 3.00. The van der Waals surface area contributed by atoms with Crippen molar-refractivity contribution in [3.63, 3.8) is 0 Å². The zero-order valence-corrected chi connectivity index (χ0v) is 12.3. The Morgan fingerprint density at radius 2 is 1.83 bits per heavy atom. The third-order valence-corrected chi connectivity index (χ3v) is 3.30. The summed E-state index contributed by atoms with van der Waals surface area (Å²) in [7, 11) is 0. The van der Waals surface area contributed by atoms with E-state index in [0.717, 1.165) is 12.1 Å². The van der Waals surface area contributed by atoms with Crippen LogP contribution in [-0.4, -0.2) is 19.2 Å². The van der Waals surface area contributed by atoms with Crippen molar-refractivity contribution in [2.24, 2.45) is 0 Å². The number of halogens is 3. The molecule has 0 atom stereocenters. The van der Waals surface area contributed by atoms with Crippen molar-refractivity contribution in [3.8, 4) is 11.5 Å². The van der Waals surface area contributed by atoms with Crippen molar-refractivity contribution in [2.75, 3.05) is 24.0 Å². The molecule has 1 heterocycles. The van der Waals surface area contributed by atoms with Crippen molar-refractivity contribution in [2.45, 2.75) is 6.18 Å². The minimum Gasteiger partial charge on any atom is -0.454 e. The zero-order valence-electron chi connectivity index (χ0n) is 12.3. The quantitative estimate of drug-likeness (QED) is 0.896. The van der Waals surface area contributed by atoms with Gasteiger partial charge in [0.1, 0.15) is 0 Å².